The molecule has 0 aliphatic rings. The van der Waals surface area contributed by atoms with E-state index in [1.54, 1.807) is 6.92 Å². The van der Waals surface area contributed by atoms with Gasteiger partial charge in [0.05, 0.1) is 12.1 Å². The van der Waals surface area contributed by atoms with Gasteiger partial charge in [0.2, 0.25) is 5.43 Å². The number of carboxylic acids is 1. The minimum absolute atomic E-state index is 0.00843. The van der Waals surface area contributed by atoms with E-state index in [0.29, 0.717) is 5.69 Å². The number of amides is 1. The molecule has 0 aliphatic carbocycles. The SMILES string of the molecule is Cc1cc(=O)c(C(=O)N(C)CCC(=O)O)nn1-c1ccccc1. The number of hydrogen-bond donors (Lipinski definition) is 1. The Morgan fingerprint density at radius 2 is 1.91 bits per heavy atom. The van der Waals surface area contributed by atoms with Gasteiger partial charge in [0, 0.05) is 25.4 Å². The van der Waals surface area contributed by atoms with E-state index in [2.05, 4.69) is 5.10 Å². The third-order valence-corrected chi connectivity index (χ3v) is 3.32. The van der Waals surface area contributed by atoms with Crippen molar-refractivity contribution in [2.24, 2.45) is 0 Å². The molecule has 0 fully saturated rings. The molecule has 1 aromatic carbocycles. The van der Waals surface area contributed by atoms with E-state index in [0.717, 1.165) is 5.69 Å². The summed E-state index contributed by atoms with van der Waals surface area (Å²) < 4.78 is 1.51. The van der Waals surface area contributed by atoms with Crippen molar-refractivity contribution in [2.45, 2.75) is 13.3 Å². The Labute approximate surface area is 132 Å². The molecule has 0 spiro atoms. The number of hydrogen-bond acceptors (Lipinski definition) is 4. The van der Waals surface area contributed by atoms with E-state index < -0.39 is 17.3 Å². The molecule has 2 rings (SSSR count). The lowest BCUT2D eigenvalue weighted by Gasteiger charge is -2.16. The van der Waals surface area contributed by atoms with Crippen LogP contribution in [-0.4, -0.2) is 45.3 Å². The maximum atomic E-state index is 12.3. The molecule has 1 N–H and O–H groups in total. The first-order valence-corrected chi connectivity index (χ1v) is 7.04. The number of nitrogens with zero attached hydrogens (tertiary/aromatic N) is 3. The van der Waals surface area contributed by atoms with Gasteiger partial charge in [-0.15, -0.1) is 0 Å². The zero-order chi connectivity index (χ0) is 17.0. The molecule has 1 aromatic heterocycles. The number of rotatable bonds is 5. The van der Waals surface area contributed by atoms with Crippen LogP contribution in [0.4, 0.5) is 0 Å². The minimum Gasteiger partial charge on any atom is -0.481 e. The first kappa shape index (κ1) is 16.4. The highest BCUT2D eigenvalue weighted by Crippen LogP contribution is 2.08. The fourth-order valence-corrected chi connectivity index (χ4v) is 2.07. The van der Waals surface area contributed by atoms with Crippen LogP contribution in [0.2, 0.25) is 0 Å². The van der Waals surface area contributed by atoms with Crippen LogP contribution in [0.5, 0.6) is 0 Å². The van der Waals surface area contributed by atoms with Gasteiger partial charge in [0.25, 0.3) is 5.91 Å². The van der Waals surface area contributed by atoms with Crippen molar-refractivity contribution in [1.82, 2.24) is 14.7 Å². The van der Waals surface area contributed by atoms with Crippen LogP contribution >= 0.6 is 0 Å². The average molecular weight is 315 g/mol. The number of carbonyl (C=O) groups excluding carboxylic acids is 1. The van der Waals surface area contributed by atoms with Crippen molar-refractivity contribution in [3.63, 3.8) is 0 Å². The van der Waals surface area contributed by atoms with Gasteiger partial charge in [0.1, 0.15) is 0 Å². The predicted molar refractivity (Wildman–Crippen MR) is 83.8 cm³/mol. The van der Waals surface area contributed by atoms with E-state index in [1.807, 2.05) is 30.3 Å². The summed E-state index contributed by atoms with van der Waals surface area (Å²) in [5, 5.41) is 12.8. The van der Waals surface area contributed by atoms with Crippen LogP contribution < -0.4 is 5.43 Å². The molecule has 120 valence electrons. The highest BCUT2D eigenvalue weighted by atomic mass is 16.4. The fourth-order valence-electron chi connectivity index (χ4n) is 2.07. The topological polar surface area (TPSA) is 92.5 Å². The largest absolute Gasteiger partial charge is 0.481 e. The smallest absolute Gasteiger partial charge is 0.305 e. The van der Waals surface area contributed by atoms with Crippen LogP contribution in [0.15, 0.2) is 41.2 Å². The average Bonchev–Trinajstić information content (AvgIpc) is 2.53. The molecule has 0 saturated carbocycles. The van der Waals surface area contributed by atoms with Crippen molar-refractivity contribution >= 4 is 11.9 Å². The monoisotopic (exact) mass is 315 g/mol. The second-order valence-electron chi connectivity index (χ2n) is 5.12. The molecule has 1 heterocycles. The minimum atomic E-state index is -1.01. The number of aromatic nitrogens is 2. The van der Waals surface area contributed by atoms with Crippen LogP contribution in [-0.2, 0) is 4.79 Å². The first-order chi connectivity index (χ1) is 10.9. The lowest BCUT2D eigenvalue weighted by Crippen LogP contribution is -2.34. The highest BCUT2D eigenvalue weighted by Gasteiger charge is 2.19. The number of aliphatic carboxylic acids is 1. The Hall–Kier alpha value is -2.96. The predicted octanol–water partition coefficient (Wildman–Crippen LogP) is 1.09. The number of carbonyl (C=O) groups is 2. The summed E-state index contributed by atoms with van der Waals surface area (Å²) >= 11 is 0. The quantitative estimate of drug-likeness (QED) is 0.891. The zero-order valence-corrected chi connectivity index (χ0v) is 12.9. The summed E-state index contributed by atoms with van der Waals surface area (Å²) in [6.45, 7) is 1.73. The number of aryl methyl sites for hydroxylation is 1. The third kappa shape index (κ3) is 3.82. The highest BCUT2D eigenvalue weighted by molar-refractivity contribution is 5.92. The van der Waals surface area contributed by atoms with E-state index in [4.69, 9.17) is 5.11 Å². The van der Waals surface area contributed by atoms with Crippen LogP contribution in [0.1, 0.15) is 22.6 Å². The zero-order valence-electron chi connectivity index (χ0n) is 12.9. The number of benzene rings is 1. The van der Waals surface area contributed by atoms with Gasteiger partial charge in [0.15, 0.2) is 5.69 Å². The molecular formula is C16H17N3O4. The van der Waals surface area contributed by atoms with Crippen molar-refractivity contribution in [3.05, 3.63) is 58.0 Å². The van der Waals surface area contributed by atoms with Gasteiger partial charge in [-0.25, -0.2) is 4.68 Å². The molecule has 0 bridgehead atoms. The number of para-hydroxylation sites is 1. The van der Waals surface area contributed by atoms with Gasteiger partial charge >= 0.3 is 5.97 Å². The summed E-state index contributed by atoms with van der Waals surface area (Å²) in [6.07, 6.45) is -0.193. The van der Waals surface area contributed by atoms with Crippen LogP contribution in [0.3, 0.4) is 0 Å². The van der Waals surface area contributed by atoms with Crippen LogP contribution in [0.25, 0.3) is 5.69 Å². The third-order valence-electron chi connectivity index (χ3n) is 3.32. The molecular weight excluding hydrogens is 298 g/mol. The molecule has 7 heteroatoms. The second-order valence-corrected chi connectivity index (χ2v) is 5.12. The molecule has 23 heavy (non-hydrogen) atoms. The molecule has 7 nitrogen and oxygen atoms in total. The molecule has 0 radical (unpaired) electrons. The normalized spacial score (nSPS) is 10.3. The van der Waals surface area contributed by atoms with Gasteiger partial charge in [-0.05, 0) is 19.1 Å². The van der Waals surface area contributed by atoms with Gasteiger partial charge < -0.3 is 10.0 Å². The van der Waals surface area contributed by atoms with E-state index in [-0.39, 0.29) is 18.7 Å². The standard InChI is InChI=1S/C16H17N3O4/c1-11-10-13(20)15(16(23)18(2)9-8-14(21)22)17-19(11)12-6-4-3-5-7-12/h3-7,10H,8-9H2,1-2H3,(H,21,22). The van der Waals surface area contributed by atoms with Crippen molar-refractivity contribution in [2.75, 3.05) is 13.6 Å². The molecule has 2 aromatic rings. The van der Waals surface area contributed by atoms with E-state index in [9.17, 15) is 14.4 Å². The Morgan fingerprint density at radius 1 is 1.26 bits per heavy atom. The van der Waals surface area contributed by atoms with Crippen molar-refractivity contribution in [3.8, 4) is 5.69 Å². The summed E-state index contributed by atoms with van der Waals surface area (Å²) in [6, 6.07) is 10.5. The second kappa shape index (κ2) is 6.87. The maximum Gasteiger partial charge on any atom is 0.305 e. The molecule has 0 saturated heterocycles. The Morgan fingerprint density at radius 3 is 2.52 bits per heavy atom. The Bertz CT molecular complexity index is 784. The molecule has 0 unspecified atom stereocenters. The van der Waals surface area contributed by atoms with E-state index in [1.165, 1.54) is 22.7 Å². The van der Waals surface area contributed by atoms with Gasteiger partial charge in [-0.3, -0.25) is 14.4 Å². The van der Waals surface area contributed by atoms with Crippen LogP contribution in [0, 0.1) is 6.92 Å². The summed E-state index contributed by atoms with van der Waals surface area (Å²) in [4.78, 5) is 36.2. The first-order valence-electron chi connectivity index (χ1n) is 7.04. The van der Waals surface area contributed by atoms with Gasteiger partial charge in [-0.2, -0.15) is 5.10 Å². The maximum absolute atomic E-state index is 12.3. The lowest BCUT2D eigenvalue weighted by atomic mass is 10.2. The van der Waals surface area contributed by atoms with Crippen molar-refractivity contribution < 1.29 is 14.7 Å². The molecule has 0 atom stereocenters. The number of carboxylic acid groups (broad SMARTS) is 1. The van der Waals surface area contributed by atoms with Crippen molar-refractivity contribution in [1.29, 1.82) is 0 Å². The summed E-state index contributed by atoms with van der Waals surface area (Å²) in [7, 11) is 1.44. The Balaban J connectivity index is 2.38. The molecule has 0 aliphatic heterocycles. The molecule has 1 amide bonds. The van der Waals surface area contributed by atoms with Gasteiger partial charge in [-0.1, -0.05) is 18.2 Å². The lowest BCUT2D eigenvalue weighted by molar-refractivity contribution is -0.137. The summed E-state index contributed by atoms with van der Waals surface area (Å²) in [5.74, 6) is -1.61. The summed E-state index contributed by atoms with van der Waals surface area (Å²) in [5.41, 5.74) is 0.618. The Kier molecular flexibility index (Phi) is 4.90. The van der Waals surface area contributed by atoms with E-state index >= 15 is 0 Å². The fraction of sp³-hybridized carbons (Fsp3) is 0.250.